The number of carbonyl (C=O) groups is 1. The van der Waals surface area contributed by atoms with Gasteiger partial charge in [0.15, 0.2) is 0 Å². The van der Waals surface area contributed by atoms with Crippen molar-refractivity contribution in [1.29, 1.82) is 5.26 Å². The maximum absolute atomic E-state index is 12.8. The highest BCUT2D eigenvalue weighted by Crippen LogP contribution is 2.22. The molecule has 0 radical (unpaired) electrons. The second-order valence-corrected chi connectivity index (χ2v) is 6.19. The van der Waals surface area contributed by atoms with E-state index in [2.05, 4.69) is 16.0 Å². The molecule has 25 heavy (non-hydrogen) atoms. The molecule has 3 aromatic rings. The molecule has 0 saturated carbocycles. The van der Waals surface area contributed by atoms with E-state index in [-0.39, 0.29) is 5.91 Å². The Morgan fingerprint density at radius 3 is 2.64 bits per heavy atom. The highest BCUT2D eigenvalue weighted by atomic mass is 16.2. The quantitative estimate of drug-likeness (QED) is 0.785. The predicted octanol–water partition coefficient (Wildman–Crippen LogP) is 3.00. The van der Waals surface area contributed by atoms with Crippen LogP contribution in [-0.2, 0) is 0 Å². The Morgan fingerprint density at radius 2 is 1.84 bits per heavy atom. The molecule has 1 aliphatic heterocycles. The fraction of sp³-hybridized carbons (Fsp3) is 0.200. The molecule has 0 bridgehead atoms. The predicted molar refractivity (Wildman–Crippen MR) is 97.6 cm³/mol. The molecule has 2 aromatic carbocycles. The lowest BCUT2D eigenvalue weighted by molar-refractivity contribution is 0.0747. The van der Waals surface area contributed by atoms with E-state index in [1.807, 2.05) is 59.6 Å². The summed E-state index contributed by atoms with van der Waals surface area (Å²) in [6.45, 7) is 2.77. The normalized spacial score (nSPS) is 14.5. The molecule has 0 unspecified atom stereocenters. The van der Waals surface area contributed by atoms with E-state index in [0.29, 0.717) is 24.2 Å². The van der Waals surface area contributed by atoms with Gasteiger partial charge in [0.05, 0.1) is 11.3 Å². The molecule has 0 aliphatic carbocycles. The summed E-state index contributed by atoms with van der Waals surface area (Å²) in [6, 6.07) is 17.6. The van der Waals surface area contributed by atoms with Crippen LogP contribution < -0.4 is 4.90 Å². The maximum Gasteiger partial charge on any atom is 0.254 e. The van der Waals surface area contributed by atoms with Crippen molar-refractivity contribution in [3.8, 4) is 6.07 Å². The number of aromatic nitrogens is 1. The summed E-state index contributed by atoms with van der Waals surface area (Å²) in [5.74, 6) is 0.0599. The summed E-state index contributed by atoms with van der Waals surface area (Å²) < 4.78 is 0. The van der Waals surface area contributed by atoms with Crippen LogP contribution >= 0.6 is 0 Å². The Kier molecular flexibility index (Phi) is 3.87. The second-order valence-electron chi connectivity index (χ2n) is 6.19. The number of hydrogen-bond donors (Lipinski definition) is 1. The number of amides is 1. The Hall–Kier alpha value is -3.26. The third kappa shape index (κ3) is 2.83. The van der Waals surface area contributed by atoms with Crippen molar-refractivity contribution in [3.05, 3.63) is 65.9 Å². The molecular formula is C20H18N4O. The summed E-state index contributed by atoms with van der Waals surface area (Å²) >= 11 is 0. The van der Waals surface area contributed by atoms with Gasteiger partial charge >= 0.3 is 0 Å². The number of nitriles is 1. The molecule has 5 heteroatoms. The molecule has 1 aromatic heterocycles. The molecule has 4 rings (SSSR count). The number of fused-ring (bicyclic) bond motifs is 1. The molecule has 2 heterocycles. The minimum atomic E-state index is 0.0599. The van der Waals surface area contributed by atoms with E-state index >= 15 is 0 Å². The van der Waals surface area contributed by atoms with E-state index in [0.717, 1.165) is 29.7 Å². The Balaban J connectivity index is 1.48. The number of rotatable bonds is 2. The van der Waals surface area contributed by atoms with Gasteiger partial charge in [0.2, 0.25) is 0 Å². The number of nitrogens with zero attached hydrogens (tertiary/aromatic N) is 3. The largest absolute Gasteiger partial charge is 0.367 e. The van der Waals surface area contributed by atoms with Crippen molar-refractivity contribution in [3.63, 3.8) is 0 Å². The van der Waals surface area contributed by atoms with Crippen molar-refractivity contribution >= 4 is 22.5 Å². The van der Waals surface area contributed by atoms with Gasteiger partial charge in [0.25, 0.3) is 5.91 Å². The van der Waals surface area contributed by atoms with Gasteiger partial charge in [-0.1, -0.05) is 18.2 Å². The number of piperazine rings is 1. The van der Waals surface area contributed by atoms with Gasteiger partial charge in [-0.15, -0.1) is 0 Å². The number of anilines is 1. The van der Waals surface area contributed by atoms with E-state index in [4.69, 9.17) is 0 Å². The number of aromatic amines is 1. The molecule has 1 saturated heterocycles. The average molecular weight is 330 g/mol. The van der Waals surface area contributed by atoms with E-state index < -0.39 is 0 Å². The lowest BCUT2D eigenvalue weighted by atomic mass is 10.1. The summed E-state index contributed by atoms with van der Waals surface area (Å²) in [5.41, 5.74) is 3.32. The molecule has 1 amide bonds. The fourth-order valence-corrected chi connectivity index (χ4v) is 3.36. The first kappa shape index (κ1) is 15.3. The van der Waals surface area contributed by atoms with E-state index in [1.165, 1.54) is 0 Å². The minimum Gasteiger partial charge on any atom is -0.367 e. The first-order valence-electron chi connectivity index (χ1n) is 8.37. The Labute approximate surface area is 146 Å². The first-order chi connectivity index (χ1) is 12.3. The Morgan fingerprint density at radius 1 is 1.04 bits per heavy atom. The lowest BCUT2D eigenvalue weighted by Gasteiger charge is -2.36. The van der Waals surface area contributed by atoms with Gasteiger partial charge < -0.3 is 14.8 Å². The maximum atomic E-state index is 12.8. The van der Waals surface area contributed by atoms with Crippen molar-refractivity contribution < 1.29 is 4.79 Å². The zero-order valence-corrected chi connectivity index (χ0v) is 13.8. The molecule has 1 fully saturated rings. The standard InChI is InChI=1S/C20H18N4O/c21-14-17-3-1-2-4-19(17)23-9-11-24(12-10-23)20(25)16-6-5-15-7-8-22-18(15)13-16/h1-8,13,22H,9-12H2. The fourth-order valence-electron chi connectivity index (χ4n) is 3.36. The van der Waals surface area contributed by atoms with Crippen LogP contribution in [0.25, 0.3) is 10.9 Å². The molecule has 0 spiro atoms. The number of carbonyl (C=O) groups excluding carboxylic acids is 1. The smallest absolute Gasteiger partial charge is 0.254 e. The number of benzene rings is 2. The Bertz CT molecular complexity index is 961. The topological polar surface area (TPSA) is 63.1 Å². The van der Waals surface area contributed by atoms with Crippen molar-refractivity contribution in [2.24, 2.45) is 0 Å². The average Bonchev–Trinajstić information content (AvgIpc) is 3.15. The van der Waals surface area contributed by atoms with Gasteiger partial charge in [-0.05, 0) is 35.7 Å². The molecule has 0 atom stereocenters. The highest BCUT2D eigenvalue weighted by molar-refractivity contribution is 5.98. The lowest BCUT2D eigenvalue weighted by Crippen LogP contribution is -2.49. The van der Waals surface area contributed by atoms with Crippen LogP contribution in [0.4, 0.5) is 5.69 Å². The zero-order valence-electron chi connectivity index (χ0n) is 13.8. The van der Waals surface area contributed by atoms with Gasteiger partial charge in [-0.2, -0.15) is 5.26 Å². The van der Waals surface area contributed by atoms with Crippen LogP contribution in [0.15, 0.2) is 54.7 Å². The van der Waals surface area contributed by atoms with Crippen LogP contribution in [0.2, 0.25) is 0 Å². The summed E-state index contributed by atoms with van der Waals surface area (Å²) in [7, 11) is 0. The summed E-state index contributed by atoms with van der Waals surface area (Å²) in [4.78, 5) is 20.0. The number of nitrogens with one attached hydrogen (secondary N) is 1. The van der Waals surface area contributed by atoms with Crippen molar-refractivity contribution in [1.82, 2.24) is 9.88 Å². The molecule has 1 aliphatic rings. The van der Waals surface area contributed by atoms with Crippen molar-refractivity contribution in [2.75, 3.05) is 31.1 Å². The van der Waals surface area contributed by atoms with Crippen LogP contribution in [0.3, 0.4) is 0 Å². The monoisotopic (exact) mass is 330 g/mol. The minimum absolute atomic E-state index is 0.0599. The van der Waals surface area contributed by atoms with E-state index in [1.54, 1.807) is 0 Å². The SMILES string of the molecule is N#Cc1ccccc1N1CCN(C(=O)c2ccc3cc[nH]c3c2)CC1. The van der Waals surface area contributed by atoms with Crippen LogP contribution in [0.1, 0.15) is 15.9 Å². The number of H-pyrrole nitrogens is 1. The highest BCUT2D eigenvalue weighted by Gasteiger charge is 2.23. The van der Waals surface area contributed by atoms with Gasteiger partial charge in [0.1, 0.15) is 6.07 Å². The first-order valence-corrected chi connectivity index (χ1v) is 8.37. The van der Waals surface area contributed by atoms with Gasteiger partial charge in [0, 0.05) is 43.5 Å². The molecule has 124 valence electrons. The molecular weight excluding hydrogens is 312 g/mol. The molecule has 1 N–H and O–H groups in total. The zero-order chi connectivity index (χ0) is 17.2. The van der Waals surface area contributed by atoms with Crippen molar-refractivity contribution in [2.45, 2.75) is 0 Å². The van der Waals surface area contributed by atoms with Gasteiger partial charge in [-0.25, -0.2) is 0 Å². The summed E-state index contributed by atoms with van der Waals surface area (Å²) in [6.07, 6.45) is 1.88. The third-order valence-corrected chi connectivity index (χ3v) is 4.73. The third-order valence-electron chi connectivity index (χ3n) is 4.73. The summed E-state index contributed by atoms with van der Waals surface area (Å²) in [5, 5.41) is 10.4. The number of para-hydroxylation sites is 1. The molecule has 5 nitrogen and oxygen atoms in total. The number of hydrogen-bond acceptors (Lipinski definition) is 3. The van der Waals surface area contributed by atoms with Crippen LogP contribution in [0, 0.1) is 11.3 Å². The second kappa shape index (κ2) is 6.33. The van der Waals surface area contributed by atoms with Gasteiger partial charge in [-0.3, -0.25) is 4.79 Å². The van der Waals surface area contributed by atoms with E-state index in [9.17, 15) is 10.1 Å². The van der Waals surface area contributed by atoms with Crippen LogP contribution in [0.5, 0.6) is 0 Å². The van der Waals surface area contributed by atoms with Crippen LogP contribution in [-0.4, -0.2) is 42.0 Å².